The highest BCUT2D eigenvalue weighted by atomic mass is 35.5. The third-order valence-corrected chi connectivity index (χ3v) is 12.3. The first-order valence-electron chi connectivity index (χ1n) is 16.9. The van der Waals surface area contributed by atoms with Crippen LogP contribution in [0.3, 0.4) is 0 Å². The Kier molecular flexibility index (Phi) is 13.6. The SMILES string of the molecule is CO[C@@H]1/C=C/C=C(\C)Cc2cc(C)c(Cl)c(c2)N(C)C(=O)C[C@H](OC(=O)[C@H](C)N(C)C(=O)CCSSC)[C@]2(C)O[C@@H]2[C@@H](C)[C@@H]2C[C@@]1(O)NC(=O)O2. The van der Waals surface area contributed by atoms with Crippen LogP contribution in [-0.2, 0) is 39.8 Å². The minimum absolute atomic E-state index is 0.0319. The molecule has 3 aliphatic rings. The van der Waals surface area contributed by atoms with Gasteiger partial charge in [-0.15, -0.1) is 0 Å². The van der Waals surface area contributed by atoms with Crippen LogP contribution in [0.15, 0.2) is 35.9 Å². The number of anilines is 1. The van der Waals surface area contributed by atoms with Gasteiger partial charge in [-0.05, 0) is 57.6 Å². The van der Waals surface area contributed by atoms with Crippen molar-refractivity contribution in [2.24, 2.45) is 5.92 Å². The molecule has 15 heteroatoms. The van der Waals surface area contributed by atoms with E-state index in [1.165, 1.54) is 16.9 Å². The number of methoxy groups -OCH3 is 1. The third-order valence-electron chi connectivity index (χ3n) is 10.0. The van der Waals surface area contributed by atoms with E-state index < -0.39 is 59.8 Å². The number of nitrogens with one attached hydrogen (secondary N) is 1. The van der Waals surface area contributed by atoms with E-state index in [1.54, 1.807) is 61.7 Å². The number of likely N-dealkylation sites (N-methyl/N-ethyl adjacent to an activating group) is 1. The van der Waals surface area contributed by atoms with Crippen molar-refractivity contribution in [1.82, 2.24) is 10.2 Å². The zero-order valence-corrected chi connectivity index (χ0v) is 33.1. The van der Waals surface area contributed by atoms with Crippen LogP contribution >= 0.6 is 33.2 Å². The van der Waals surface area contributed by atoms with Crippen LogP contribution < -0.4 is 10.2 Å². The number of carbonyl (C=O) groups excluding carboxylic acids is 4. The summed E-state index contributed by atoms with van der Waals surface area (Å²) >= 11 is 6.76. The van der Waals surface area contributed by atoms with Gasteiger partial charge in [0.05, 0.1) is 23.2 Å². The summed E-state index contributed by atoms with van der Waals surface area (Å²) in [6, 6.07) is 2.88. The molecule has 1 aromatic rings. The Morgan fingerprint density at radius 2 is 1.98 bits per heavy atom. The fourth-order valence-corrected chi connectivity index (χ4v) is 8.05. The van der Waals surface area contributed by atoms with Gasteiger partial charge in [-0.25, -0.2) is 9.59 Å². The molecule has 2 N–H and O–H groups in total. The number of aliphatic hydroxyl groups is 1. The zero-order chi connectivity index (χ0) is 37.8. The van der Waals surface area contributed by atoms with Gasteiger partial charge in [0.15, 0.2) is 5.72 Å². The summed E-state index contributed by atoms with van der Waals surface area (Å²) in [5, 5.41) is 14.6. The predicted molar refractivity (Wildman–Crippen MR) is 200 cm³/mol. The van der Waals surface area contributed by atoms with Gasteiger partial charge in [0.1, 0.15) is 30.0 Å². The van der Waals surface area contributed by atoms with Crippen LogP contribution in [-0.4, -0.2) is 109 Å². The zero-order valence-electron chi connectivity index (χ0n) is 30.7. The largest absolute Gasteiger partial charge is 0.457 e. The summed E-state index contributed by atoms with van der Waals surface area (Å²) in [4.78, 5) is 56.2. The van der Waals surface area contributed by atoms with Crippen LogP contribution in [0.25, 0.3) is 0 Å². The molecule has 4 bridgehead atoms. The molecule has 12 nitrogen and oxygen atoms in total. The molecule has 51 heavy (non-hydrogen) atoms. The van der Waals surface area contributed by atoms with Gasteiger partial charge >= 0.3 is 12.1 Å². The average molecular weight is 768 g/mol. The fraction of sp³-hybridized carbons (Fsp3) is 0.611. The molecular weight excluding hydrogens is 718 g/mol. The van der Waals surface area contributed by atoms with Gasteiger partial charge < -0.3 is 33.9 Å². The number of alkyl carbamates (subject to hydrolysis) is 1. The van der Waals surface area contributed by atoms with Gasteiger partial charge in [0.2, 0.25) is 11.8 Å². The third kappa shape index (κ3) is 9.44. The predicted octanol–water partition coefficient (Wildman–Crippen LogP) is 5.22. The molecule has 4 rings (SSSR count). The number of hydrogen-bond donors (Lipinski definition) is 2. The maximum absolute atomic E-state index is 14.1. The maximum atomic E-state index is 14.1. The lowest BCUT2D eigenvalue weighted by Gasteiger charge is -2.42. The highest BCUT2D eigenvalue weighted by Crippen LogP contribution is 2.49. The molecule has 282 valence electrons. The van der Waals surface area contributed by atoms with Crippen LogP contribution in [0.5, 0.6) is 0 Å². The van der Waals surface area contributed by atoms with Crippen LogP contribution in [0.2, 0.25) is 5.02 Å². The van der Waals surface area contributed by atoms with Crippen molar-refractivity contribution in [3.8, 4) is 0 Å². The molecule has 0 spiro atoms. The van der Waals surface area contributed by atoms with Crippen molar-refractivity contribution in [3.05, 3.63) is 52.1 Å². The normalized spacial score (nSPS) is 32.0. The summed E-state index contributed by atoms with van der Waals surface area (Å²) in [7, 11) is 7.72. The second kappa shape index (κ2) is 16.9. The number of aryl methyl sites for hydroxylation is 1. The molecule has 1 aromatic carbocycles. The number of halogens is 1. The molecule has 0 unspecified atom stereocenters. The number of esters is 1. The minimum atomic E-state index is -1.80. The van der Waals surface area contributed by atoms with Crippen LogP contribution in [0.4, 0.5) is 10.5 Å². The number of fused-ring (bicyclic) bond motifs is 5. The van der Waals surface area contributed by atoms with E-state index in [9.17, 15) is 24.3 Å². The summed E-state index contributed by atoms with van der Waals surface area (Å²) in [5.74, 6) is -1.19. The number of benzene rings is 1. The number of ether oxygens (including phenoxy) is 4. The lowest BCUT2D eigenvalue weighted by molar-refractivity contribution is -0.161. The van der Waals surface area contributed by atoms with E-state index in [2.05, 4.69) is 5.32 Å². The summed E-state index contributed by atoms with van der Waals surface area (Å²) < 4.78 is 23.6. The number of epoxide rings is 1. The Morgan fingerprint density at radius 1 is 1.27 bits per heavy atom. The van der Waals surface area contributed by atoms with Crippen molar-refractivity contribution in [2.45, 2.75) is 102 Å². The topological polar surface area (TPSA) is 147 Å². The first-order chi connectivity index (χ1) is 23.9. The molecule has 3 heterocycles. The van der Waals surface area contributed by atoms with E-state index in [1.807, 2.05) is 45.2 Å². The lowest BCUT2D eigenvalue weighted by Crippen LogP contribution is -2.63. The molecule has 2 saturated heterocycles. The van der Waals surface area contributed by atoms with Gasteiger partial charge in [-0.3, -0.25) is 14.9 Å². The first-order valence-corrected chi connectivity index (χ1v) is 20.0. The standard InChI is InChI=1S/C36H50ClN3O9S2/c1-20-11-10-12-27(46-8)36(45)19-26(47-34(44)38-36)22(3)32-35(5,49-32)28(48-33(43)23(4)39(6)29(41)13-14-51-50-9)18-30(42)40(7)25-17-24(15-20)16-21(2)31(25)37/h10-12,16-17,22-23,26-28,32,45H,13-15,18-19H2,1-9H3,(H,38,44)/b12-10+,20-11+/t22-,23-,26-,27+,28-,32+,35-,36-/m0/s1. The Bertz CT molecular complexity index is 1560. The van der Waals surface area contributed by atoms with Crippen molar-refractivity contribution in [2.75, 3.05) is 38.1 Å². The number of amides is 3. The van der Waals surface area contributed by atoms with Crippen molar-refractivity contribution >= 4 is 62.8 Å². The Labute approximate surface area is 313 Å². The number of rotatable bonds is 8. The number of carbonyl (C=O) groups is 4. The van der Waals surface area contributed by atoms with Crippen molar-refractivity contribution < 1.29 is 43.2 Å². The monoisotopic (exact) mass is 767 g/mol. The summed E-state index contributed by atoms with van der Waals surface area (Å²) in [6.07, 6.45) is 3.48. The quantitative estimate of drug-likeness (QED) is 0.156. The number of nitrogens with zero attached hydrogens (tertiary/aromatic N) is 2. The van der Waals surface area contributed by atoms with Gasteiger partial charge in [0.25, 0.3) is 0 Å². The van der Waals surface area contributed by atoms with E-state index in [-0.39, 0.29) is 31.1 Å². The van der Waals surface area contributed by atoms with Crippen molar-refractivity contribution in [1.29, 1.82) is 0 Å². The van der Waals surface area contributed by atoms with E-state index in [0.717, 1.165) is 16.7 Å². The summed E-state index contributed by atoms with van der Waals surface area (Å²) in [5.41, 5.74) is 0.209. The van der Waals surface area contributed by atoms with Crippen LogP contribution in [0.1, 0.15) is 58.1 Å². The molecule has 2 fully saturated rings. The Hall–Kier alpha value is -2.75. The maximum Gasteiger partial charge on any atom is 0.409 e. The second-order valence-corrected chi connectivity index (χ2v) is 16.8. The lowest BCUT2D eigenvalue weighted by atomic mass is 9.83. The van der Waals surface area contributed by atoms with Crippen molar-refractivity contribution in [3.63, 3.8) is 0 Å². The molecule has 3 amide bonds. The number of hydrogen-bond acceptors (Lipinski definition) is 11. The molecule has 0 saturated carbocycles. The Balaban J connectivity index is 1.73. The molecule has 0 aromatic heterocycles. The van der Waals surface area contributed by atoms with Gasteiger partial charge in [-0.2, -0.15) is 0 Å². The van der Waals surface area contributed by atoms with Crippen LogP contribution in [0, 0.1) is 12.8 Å². The molecule has 0 radical (unpaired) electrons. The Morgan fingerprint density at radius 3 is 2.65 bits per heavy atom. The number of allylic oxidation sites excluding steroid dienone is 3. The average Bonchev–Trinajstić information content (AvgIpc) is 3.77. The molecule has 0 aliphatic carbocycles. The van der Waals surface area contributed by atoms with E-state index in [0.29, 0.717) is 22.9 Å². The van der Waals surface area contributed by atoms with E-state index >= 15 is 0 Å². The fourth-order valence-electron chi connectivity index (χ4n) is 6.64. The highest BCUT2D eigenvalue weighted by molar-refractivity contribution is 8.76. The molecule has 8 atom stereocenters. The second-order valence-electron chi connectivity index (χ2n) is 13.8. The first kappa shape index (κ1) is 41.0. The van der Waals surface area contributed by atoms with Gasteiger partial charge in [0, 0.05) is 45.7 Å². The smallest absolute Gasteiger partial charge is 0.409 e. The van der Waals surface area contributed by atoms with Gasteiger partial charge in [-0.1, -0.05) is 70.0 Å². The molecule has 3 aliphatic heterocycles. The minimum Gasteiger partial charge on any atom is -0.457 e. The molecular formula is C36H50ClN3O9S2. The van der Waals surface area contributed by atoms with E-state index in [4.69, 9.17) is 30.5 Å². The summed E-state index contributed by atoms with van der Waals surface area (Å²) in [6.45, 7) is 8.96. The highest BCUT2D eigenvalue weighted by Gasteiger charge is 2.64.